The quantitative estimate of drug-likeness (QED) is 0.347. The van der Waals surface area contributed by atoms with E-state index in [4.69, 9.17) is 19.6 Å². The topological polar surface area (TPSA) is 106 Å². The van der Waals surface area contributed by atoms with Gasteiger partial charge >= 0.3 is 0 Å². The standard InChI is InChI=1S/C18H24N2O3.CH3NO2/c1-3-22-12-14-10-17(11-15(18(14)21)13-23-4-2)20-19-16-8-6-5-7-9-16;1-2(3)4/h5-11,19-21H,3-4,12-13H2,1-2H3;1H3. The van der Waals surface area contributed by atoms with Crippen LogP contribution in [0.5, 0.6) is 5.75 Å². The minimum atomic E-state index is -0.500. The van der Waals surface area contributed by atoms with Gasteiger partial charge in [0, 0.05) is 29.3 Å². The molecule has 27 heavy (non-hydrogen) atoms. The zero-order chi connectivity index (χ0) is 20.1. The van der Waals surface area contributed by atoms with Gasteiger partial charge in [0.05, 0.1) is 24.6 Å². The van der Waals surface area contributed by atoms with E-state index in [-0.39, 0.29) is 5.75 Å². The zero-order valence-corrected chi connectivity index (χ0v) is 15.9. The van der Waals surface area contributed by atoms with Crippen molar-refractivity contribution < 1.29 is 19.5 Å². The zero-order valence-electron chi connectivity index (χ0n) is 15.9. The molecule has 2 aromatic rings. The second-order valence-corrected chi connectivity index (χ2v) is 5.47. The fourth-order valence-corrected chi connectivity index (χ4v) is 2.14. The van der Waals surface area contributed by atoms with Gasteiger partial charge in [-0.25, -0.2) is 0 Å². The van der Waals surface area contributed by atoms with E-state index in [1.54, 1.807) is 0 Å². The number of aromatic hydroxyl groups is 1. The van der Waals surface area contributed by atoms with E-state index in [9.17, 15) is 5.11 Å². The first kappa shape index (κ1) is 22.2. The van der Waals surface area contributed by atoms with Crippen LogP contribution in [0.2, 0.25) is 0 Å². The van der Waals surface area contributed by atoms with Crippen LogP contribution in [0, 0.1) is 10.1 Å². The van der Waals surface area contributed by atoms with Crippen molar-refractivity contribution >= 4 is 11.4 Å². The van der Waals surface area contributed by atoms with E-state index in [0.717, 1.165) is 29.5 Å². The number of hydrogen-bond acceptors (Lipinski definition) is 7. The van der Waals surface area contributed by atoms with Crippen molar-refractivity contribution in [3.05, 3.63) is 63.7 Å². The van der Waals surface area contributed by atoms with Crippen LogP contribution in [0.4, 0.5) is 11.4 Å². The van der Waals surface area contributed by atoms with Crippen LogP contribution in [-0.4, -0.2) is 30.3 Å². The number of hydrazine groups is 1. The second kappa shape index (κ2) is 12.5. The Labute approximate surface area is 159 Å². The first-order valence-corrected chi connectivity index (χ1v) is 8.63. The summed E-state index contributed by atoms with van der Waals surface area (Å²) in [6.07, 6.45) is 0. The molecular formula is C19H27N3O5. The molecule has 0 saturated carbocycles. The van der Waals surface area contributed by atoms with Crippen molar-refractivity contribution in [2.75, 3.05) is 31.1 Å². The van der Waals surface area contributed by atoms with Gasteiger partial charge in [-0.1, -0.05) is 18.2 Å². The van der Waals surface area contributed by atoms with Crippen LogP contribution >= 0.6 is 0 Å². The summed E-state index contributed by atoms with van der Waals surface area (Å²) in [5.41, 5.74) is 9.56. The molecule has 3 N–H and O–H groups in total. The highest BCUT2D eigenvalue weighted by Gasteiger charge is 2.10. The largest absolute Gasteiger partial charge is 0.507 e. The maximum atomic E-state index is 10.3. The third-order valence-corrected chi connectivity index (χ3v) is 3.32. The van der Waals surface area contributed by atoms with Crippen molar-refractivity contribution in [2.24, 2.45) is 0 Å². The van der Waals surface area contributed by atoms with Crippen LogP contribution in [0.3, 0.4) is 0 Å². The van der Waals surface area contributed by atoms with Crippen LogP contribution in [0.15, 0.2) is 42.5 Å². The number of anilines is 2. The van der Waals surface area contributed by atoms with E-state index < -0.39 is 4.92 Å². The lowest BCUT2D eigenvalue weighted by atomic mass is 10.1. The molecule has 0 aliphatic heterocycles. The predicted octanol–water partition coefficient (Wildman–Crippen LogP) is 3.80. The predicted molar refractivity (Wildman–Crippen MR) is 105 cm³/mol. The summed E-state index contributed by atoms with van der Waals surface area (Å²) in [5, 5.41) is 19.1. The summed E-state index contributed by atoms with van der Waals surface area (Å²) >= 11 is 0. The summed E-state index contributed by atoms with van der Waals surface area (Å²) in [6, 6.07) is 13.6. The molecule has 0 aliphatic carbocycles. The number of phenolic OH excluding ortho intramolecular Hbond substituents is 1. The van der Waals surface area contributed by atoms with Gasteiger partial charge in [0.2, 0.25) is 0 Å². The molecule has 0 fully saturated rings. The van der Waals surface area contributed by atoms with Gasteiger partial charge < -0.3 is 25.4 Å². The molecule has 2 rings (SSSR count). The van der Waals surface area contributed by atoms with Crippen molar-refractivity contribution in [3.63, 3.8) is 0 Å². The molecule has 8 nitrogen and oxygen atoms in total. The maximum absolute atomic E-state index is 10.3. The van der Waals surface area contributed by atoms with Crippen LogP contribution < -0.4 is 10.9 Å². The third kappa shape index (κ3) is 8.89. The van der Waals surface area contributed by atoms with E-state index in [0.29, 0.717) is 26.4 Å². The number of ether oxygens (including phenoxy) is 2. The molecule has 0 amide bonds. The average molecular weight is 377 g/mol. The van der Waals surface area contributed by atoms with Gasteiger partial charge in [0.25, 0.3) is 0 Å². The fraction of sp³-hybridized carbons (Fsp3) is 0.368. The number of benzene rings is 2. The maximum Gasteiger partial charge on any atom is 0.194 e. The SMILES string of the molecule is CCOCc1cc(NNc2ccccc2)cc(COCC)c1O.C[N+](=O)[O-]. The number of nitrogens with one attached hydrogen (secondary N) is 2. The van der Waals surface area contributed by atoms with E-state index in [2.05, 4.69) is 10.9 Å². The van der Waals surface area contributed by atoms with E-state index in [1.807, 2.05) is 56.3 Å². The van der Waals surface area contributed by atoms with Crippen LogP contribution in [0.25, 0.3) is 0 Å². The van der Waals surface area contributed by atoms with Crippen molar-refractivity contribution in [3.8, 4) is 5.75 Å². The summed E-state index contributed by atoms with van der Waals surface area (Å²) in [4.78, 5) is 8.31. The Kier molecular flexibility index (Phi) is 10.3. The molecular weight excluding hydrogens is 350 g/mol. The van der Waals surface area contributed by atoms with Gasteiger partial charge in [0.1, 0.15) is 5.75 Å². The molecule has 0 bridgehead atoms. The Morgan fingerprint density at radius 3 is 1.85 bits per heavy atom. The first-order valence-electron chi connectivity index (χ1n) is 8.63. The van der Waals surface area contributed by atoms with Gasteiger partial charge in [-0.15, -0.1) is 0 Å². The first-order chi connectivity index (χ1) is 13.0. The molecule has 8 heteroatoms. The summed E-state index contributed by atoms with van der Waals surface area (Å²) in [7, 11) is 0.889. The Hall–Kier alpha value is -2.84. The number of nitro groups is 1. The van der Waals surface area contributed by atoms with Crippen molar-refractivity contribution in [1.82, 2.24) is 0 Å². The molecule has 0 atom stereocenters. The molecule has 0 saturated heterocycles. The highest BCUT2D eigenvalue weighted by molar-refractivity contribution is 5.58. The normalized spacial score (nSPS) is 9.89. The highest BCUT2D eigenvalue weighted by atomic mass is 16.6. The second-order valence-electron chi connectivity index (χ2n) is 5.47. The lowest BCUT2D eigenvalue weighted by molar-refractivity contribution is -0.445. The fourth-order valence-electron chi connectivity index (χ4n) is 2.14. The lowest BCUT2D eigenvalue weighted by Gasteiger charge is -2.15. The van der Waals surface area contributed by atoms with Crippen LogP contribution in [-0.2, 0) is 22.7 Å². The lowest BCUT2D eigenvalue weighted by Crippen LogP contribution is -2.10. The number of para-hydroxylation sites is 1. The number of rotatable bonds is 9. The molecule has 0 aromatic heterocycles. The molecule has 0 spiro atoms. The Balaban J connectivity index is 0.000000828. The van der Waals surface area contributed by atoms with Crippen molar-refractivity contribution in [2.45, 2.75) is 27.1 Å². The number of phenols is 1. The Morgan fingerprint density at radius 2 is 1.41 bits per heavy atom. The van der Waals surface area contributed by atoms with Gasteiger partial charge in [-0.3, -0.25) is 10.1 Å². The molecule has 0 radical (unpaired) electrons. The van der Waals surface area contributed by atoms with Crippen molar-refractivity contribution in [1.29, 1.82) is 0 Å². The molecule has 0 heterocycles. The summed E-state index contributed by atoms with van der Waals surface area (Å²) in [5.74, 6) is 0.233. The third-order valence-electron chi connectivity index (χ3n) is 3.32. The van der Waals surface area contributed by atoms with E-state index >= 15 is 0 Å². The van der Waals surface area contributed by atoms with Gasteiger partial charge in [-0.2, -0.15) is 0 Å². The minimum Gasteiger partial charge on any atom is -0.507 e. The molecule has 2 aromatic carbocycles. The number of hydrogen-bond donors (Lipinski definition) is 3. The van der Waals surface area contributed by atoms with E-state index in [1.165, 1.54) is 0 Å². The van der Waals surface area contributed by atoms with Gasteiger partial charge in [-0.05, 0) is 38.1 Å². The molecule has 0 aliphatic rings. The highest BCUT2D eigenvalue weighted by Crippen LogP contribution is 2.28. The summed E-state index contributed by atoms with van der Waals surface area (Å²) < 4.78 is 10.9. The molecule has 148 valence electrons. The average Bonchev–Trinajstić information content (AvgIpc) is 2.65. The van der Waals surface area contributed by atoms with Gasteiger partial charge in [0.15, 0.2) is 7.05 Å². The van der Waals surface area contributed by atoms with Crippen LogP contribution in [0.1, 0.15) is 25.0 Å². The smallest absolute Gasteiger partial charge is 0.194 e. The Bertz CT molecular complexity index is 662. The number of nitrogens with zero attached hydrogens (tertiary/aromatic N) is 1. The summed E-state index contributed by atoms with van der Waals surface area (Å²) in [6.45, 7) is 5.78. The monoisotopic (exact) mass is 377 g/mol. The Morgan fingerprint density at radius 1 is 0.963 bits per heavy atom. The minimum absolute atomic E-state index is 0.233. The molecule has 0 unspecified atom stereocenters.